The molecule has 5 nitrogen and oxygen atoms in total. The number of hydrogen-bond donors (Lipinski definition) is 1. The summed E-state index contributed by atoms with van der Waals surface area (Å²) in [6, 6.07) is 7.81. The van der Waals surface area contributed by atoms with Crippen LogP contribution in [0.15, 0.2) is 36.7 Å². The van der Waals surface area contributed by atoms with Crippen molar-refractivity contribution < 1.29 is 4.74 Å². The molecule has 3 rings (SSSR count). The Balaban J connectivity index is 1.86. The Kier molecular flexibility index (Phi) is 4.76. The van der Waals surface area contributed by atoms with Crippen LogP contribution in [-0.2, 0) is 0 Å². The topological polar surface area (TPSA) is 59.9 Å². The van der Waals surface area contributed by atoms with E-state index in [-0.39, 0.29) is 6.10 Å². The molecule has 0 aromatic carbocycles. The summed E-state index contributed by atoms with van der Waals surface area (Å²) in [7, 11) is 0. The largest absolute Gasteiger partial charge is 0.491 e. The Morgan fingerprint density at radius 1 is 1.17 bits per heavy atom. The number of hydrogen-bond acceptors (Lipinski definition) is 6. The summed E-state index contributed by atoms with van der Waals surface area (Å²) in [5.74, 6) is 1.62. The molecule has 0 aliphatic heterocycles. The Hall–Kier alpha value is -2.47. The predicted molar refractivity (Wildman–Crippen MR) is 98.1 cm³/mol. The molecule has 6 heteroatoms. The summed E-state index contributed by atoms with van der Waals surface area (Å²) in [6.45, 7) is 7.99. The molecule has 0 amide bonds. The maximum absolute atomic E-state index is 5.87. The first-order chi connectivity index (χ1) is 11.5. The van der Waals surface area contributed by atoms with Crippen LogP contribution in [0.1, 0.15) is 25.1 Å². The van der Waals surface area contributed by atoms with Crippen molar-refractivity contribution in [3.8, 4) is 16.3 Å². The number of nitrogens with one attached hydrogen (secondary N) is 1. The van der Waals surface area contributed by atoms with E-state index in [4.69, 9.17) is 4.74 Å². The van der Waals surface area contributed by atoms with Gasteiger partial charge in [0.25, 0.3) is 0 Å². The number of nitrogens with zero attached hydrogens (tertiary/aromatic N) is 3. The smallest absolute Gasteiger partial charge is 0.188 e. The van der Waals surface area contributed by atoms with Crippen molar-refractivity contribution in [1.29, 1.82) is 0 Å². The van der Waals surface area contributed by atoms with Crippen molar-refractivity contribution in [2.24, 2.45) is 0 Å². The van der Waals surface area contributed by atoms with Crippen LogP contribution in [0.3, 0.4) is 0 Å². The molecule has 0 bridgehead atoms. The van der Waals surface area contributed by atoms with Gasteiger partial charge in [-0.3, -0.25) is 4.98 Å². The summed E-state index contributed by atoms with van der Waals surface area (Å²) in [5.41, 5.74) is 2.80. The normalized spacial score (nSPS) is 10.9. The highest BCUT2D eigenvalue weighted by Crippen LogP contribution is 2.32. The zero-order chi connectivity index (χ0) is 17.1. The van der Waals surface area contributed by atoms with E-state index in [1.807, 2.05) is 58.2 Å². The molecule has 0 aliphatic carbocycles. The molecular weight excluding hydrogens is 320 g/mol. The zero-order valence-corrected chi connectivity index (χ0v) is 15.0. The van der Waals surface area contributed by atoms with Gasteiger partial charge in [0.05, 0.1) is 16.7 Å². The van der Waals surface area contributed by atoms with Crippen molar-refractivity contribution in [3.63, 3.8) is 0 Å². The molecule has 3 heterocycles. The average Bonchev–Trinajstić information content (AvgIpc) is 3.01. The first-order valence-corrected chi connectivity index (χ1v) is 8.63. The molecule has 24 heavy (non-hydrogen) atoms. The van der Waals surface area contributed by atoms with Crippen molar-refractivity contribution in [2.75, 3.05) is 5.32 Å². The molecule has 0 spiro atoms. The number of aromatic nitrogens is 3. The van der Waals surface area contributed by atoms with E-state index in [1.54, 1.807) is 17.5 Å². The lowest BCUT2D eigenvalue weighted by Gasteiger charge is -2.15. The third kappa shape index (κ3) is 3.71. The molecule has 0 aliphatic rings. The van der Waals surface area contributed by atoms with Gasteiger partial charge in [-0.15, -0.1) is 0 Å². The molecule has 0 radical (unpaired) electrons. The van der Waals surface area contributed by atoms with Crippen LogP contribution in [0.5, 0.6) is 5.75 Å². The third-order valence-electron chi connectivity index (χ3n) is 3.36. The molecule has 0 saturated heterocycles. The van der Waals surface area contributed by atoms with Crippen LogP contribution in [0.25, 0.3) is 10.6 Å². The fourth-order valence-electron chi connectivity index (χ4n) is 2.27. The summed E-state index contributed by atoms with van der Waals surface area (Å²) in [5, 5.41) is 4.09. The van der Waals surface area contributed by atoms with E-state index in [0.717, 1.165) is 38.5 Å². The summed E-state index contributed by atoms with van der Waals surface area (Å²) >= 11 is 1.55. The van der Waals surface area contributed by atoms with Gasteiger partial charge in [-0.05, 0) is 39.8 Å². The molecule has 0 atom stereocenters. The maximum atomic E-state index is 5.87. The van der Waals surface area contributed by atoms with E-state index in [2.05, 4.69) is 20.3 Å². The molecule has 1 N–H and O–H groups in total. The number of thiazole rings is 1. The third-order valence-corrected chi connectivity index (χ3v) is 4.30. The molecular formula is C18H20N4OS. The average molecular weight is 340 g/mol. The van der Waals surface area contributed by atoms with E-state index < -0.39 is 0 Å². The number of rotatable bonds is 5. The molecule has 3 aromatic heterocycles. The summed E-state index contributed by atoms with van der Waals surface area (Å²) < 4.78 is 5.87. The number of ether oxygens (including phenoxy) is 1. The molecule has 124 valence electrons. The first-order valence-electron chi connectivity index (χ1n) is 7.82. The van der Waals surface area contributed by atoms with Gasteiger partial charge in [-0.2, -0.15) is 0 Å². The monoisotopic (exact) mass is 340 g/mol. The van der Waals surface area contributed by atoms with Crippen molar-refractivity contribution >= 4 is 22.3 Å². The van der Waals surface area contributed by atoms with Crippen LogP contribution in [-0.4, -0.2) is 21.1 Å². The highest BCUT2D eigenvalue weighted by Gasteiger charge is 2.12. The van der Waals surface area contributed by atoms with Crippen LogP contribution in [0.4, 0.5) is 10.9 Å². The van der Waals surface area contributed by atoms with Gasteiger partial charge in [0, 0.05) is 29.7 Å². The SMILES string of the molecule is Cc1cc(OC(C)C)c(C)c(Nc2ncc(-c3ccccn3)s2)n1. The standard InChI is InChI=1S/C18H20N4OS/c1-11(2)23-15-9-12(3)21-17(13(15)4)22-18-20-10-16(24-18)14-7-5-6-8-19-14/h5-11H,1-4H3,(H,20,21,22). The highest BCUT2D eigenvalue weighted by atomic mass is 32.1. The Morgan fingerprint density at radius 3 is 2.71 bits per heavy atom. The number of aryl methyl sites for hydroxylation is 1. The second-order valence-corrected chi connectivity index (χ2v) is 6.80. The van der Waals surface area contributed by atoms with Crippen molar-refractivity contribution in [2.45, 2.75) is 33.8 Å². The van der Waals surface area contributed by atoms with Gasteiger partial charge in [0.15, 0.2) is 5.13 Å². The molecule has 0 saturated carbocycles. The summed E-state index contributed by atoms with van der Waals surface area (Å²) in [4.78, 5) is 14.4. The zero-order valence-electron chi connectivity index (χ0n) is 14.2. The number of pyridine rings is 2. The van der Waals surface area contributed by atoms with Crippen molar-refractivity contribution in [1.82, 2.24) is 15.0 Å². The minimum Gasteiger partial charge on any atom is -0.491 e. The fraction of sp³-hybridized carbons (Fsp3) is 0.278. The van der Waals surface area contributed by atoms with E-state index >= 15 is 0 Å². The Labute approximate surface area is 145 Å². The van der Waals surface area contributed by atoms with Gasteiger partial charge in [-0.25, -0.2) is 9.97 Å². The van der Waals surface area contributed by atoms with Crippen LogP contribution in [0, 0.1) is 13.8 Å². The lowest BCUT2D eigenvalue weighted by molar-refractivity contribution is 0.240. The second kappa shape index (κ2) is 6.97. The first kappa shape index (κ1) is 16.4. The van der Waals surface area contributed by atoms with Crippen LogP contribution in [0.2, 0.25) is 0 Å². The van der Waals surface area contributed by atoms with Gasteiger partial charge < -0.3 is 10.1 Å². The van der Waals surface area contributed by atoms with Gasteiger partial charge in [0.2, 0.25) is 0 Å². The van der Waals surface area contributed by atoms with E-state index in [0.29, 0.717) is 0 Å². The second-order valence-electron chi connectivity index (χ2n) is 5.77. The molecule has 0 unspecified atom stereocenters. The van der Waals surface area contributed by atoms with E-state index in [9.17, 15) is 0 Å². The molecule has 3 aromatic rings. The number of anilines is 2. The Bertz CT molecular complexity index is 830. The van der Waals surface area contributed by atoms with Crippen molar-refractivity contribution in [3.05, 3.63) is 47.9 Å². The lowest BCUT2D eigenvalue weighted by Crippen LogP contribution is -2.09. The summed E-state index contributed by atoms with van der Waals surface area (Å²) in [6.07, 6.45) is 3.73. The van der Waals surface area contributed by atoms with Gasteiger partial charge in [-0.1, -0.05) is 17.4 Å². The van der Waals surface area contributed by atoms with Gasteiger partial charge in [0.1, 0.15) is 11.6 Å². The van der Waals surface area contributed by atoms with E-state index in [1.165, 1.54) is 0 Å². The minimum atomic E-state index is 0.119. The fourth-order valence-corrected chi connectivity index (χ4v) is 3.06. The minimum absolute atomic E-state index is 0.119. The molecule has 0 fully saturated rings. The predicted octanol–water partition coefficient (Wildman–Crippen LogP) is 4.75. The lowest BCUT2D eigenvalue weighted by atomic mass is 10.2. The van der Waals surface area contributed by atoms with Crippen LogP contribution >= 0.6 is 11.3 Å². The Morgan fingerprint density at radius 2 is 2.00 bits per heavy atom. The quantitative estimate of drug-likeness (QED) is 0.726. The maximum Gasteiger partial charge on any atom is 0.188 e. The highest BCUT2D eigenvalue weighted by molar-refractivity contribution is 7.18. The van der Waals surface area contributed by atoms with Crippen LogP contribution < -0.4 is 10.1 Å². The van der Waals surface area contributed by atoms with Gasteiger partial charge >= 0.3 is 0 Å².